The van der Waals surface area contributed by atoms with Crippen LogP contribution in [-0.4, -0.2) is 124 Å². The van der Waals surface area contributed by atoms with Crippen molar-refractivity contribution < 1.29 is 53.4 Å². The van der Waals surface area contributed by atoms with E-state index in [1.807, 2.05) is 50.0 Å². The molecule has 0 aromatic carbocycles. The fourth-order valence-corrected chi connectivity index (χ4v) is 15.8. The van der Waals surface area contributed by atoms with Crippen molar-refractivity contribution in [1.82, 2.24) is 10.6 Å². The van der Waals surface area contributed by atoms with Crippen molar-refractivity contribution in [3.05, 3.63) is 22.3 Å². The van der Waals surface area contributed by atoms with Crippen molar-refractivity contribution in [2.24, 2.45) is 35.1 Å². The third kappa shape index (κ3) is 64.7. The normalized spacial score (nSPS) is 17.0. The molecule has 8 atom stereocenters. The van der Waals surface area contributed by atoms with Crippen molar-refractivity contribution in [3.8, 4) is 0 Å². The summed E-state index contributed by atoms with van der Waals surface area (Å²) in [5.41, 5.74) is 18.3. The first-order valence-corrected chi connectivity index (χ1v) is 45.2. The molecular weight excluding hydrogens is 1330 g/mol. The Balaban J connectivity index is 0. The van der Waals surface area contributed by atoms with E-state index in [-0.39, 0.29) is 36.1 Å². The summed E-state index contributed by atoms with van der Waals surface area (Å²) < 4.78 is 22.0. The highest BCUT2D eigenvalue weighted by atomic mass is 16.5. The molecule has 0 heterocycles. The SMILES string of the molecule is CC(N)COCC(C)OCCN.CCCCCCCC1=C(CCCCCCCCC(=O)NC(C)COCC(C)OCCC)C(CCCCCCC(=O)NC)CCC1CCCCCCC.CCCCCCCC1=C(CCCCCCCCC(=O)O)C(CCCCCCC(=O)O)CCC1CCCCCCC.CO. The molecule has 15 nitrogen and oxygen atoms in total. The van der Waals surface area contributed by atoms with Gasteiger partial charge in [0.25, 0.3) is 0 Å². The van der Waals surface area contributed by atoms with E-state index in [1.165, 1.54) is 283 Å². The fraction of sp³-hybridized carbons (Fsp3) is 0.912. The van der Waals surface area contributed by atoms with Crippen LogP contribution in [0.5, 0.6) is 0 Å². The van der Waals surface area contributed by atoms with E-state index in [9.17, 15) is 19.2 Å². The summed E-state index contributed by atoms with van der Waals surface area (Å²) in [4.78, 5) is 45.8. The predicted molar refractivity (Wildman–Crippen MR) is 450 cm³/mol. The number of hydrogen-bond acceptors (Lipinski definition) is 11. The molecule has 0 aromatic heterocycles. The van der Waals surface area contributed by atoms with Gasteiger partial charge in [-0.25, -0.2) is 0 Å². The van der Waals surface area contributed by atoms with Gasteiger partial charge in [-0.2, -0.15) is 0 Å². The summed E-state index contributed by atoms with van der Waals surface area (Å²) in [6.45, 7) is 23.4. The molecule has 2 amide bonds. The zero-order chi connectivity index (χ0) is 78.7. The molecule has 15 heteroatoms. The molecule has 2 rings (SSSR count). The molecule has 0 bridgehead atoms. The summed E-state index contributed by atoms with van der Waals surface area (Å²) >= 11 is 0. The molecule has 0 radical (unpaired) electrons. The van der Waals surface area contributed by atoms with Crippen LogP contribution in [0.15, 0.2) is 22.3 Å². The lowest BCUT2D eigenvalue weighted by Crippen LogP contribution is -2.36. The van der Waals surface area contributed by atoms with E-state index in [1.54, 1.807) is 7.05 Å². The molecule has 0 saturated carbocycles. The number of allylic oxidation sites excluding steroid dienone is 4. The molecule has 8 unspecified atom stereocenters. The molecule has 2 aliphatic carbocycles. The Morgan fingerprint density at radius 2 is 0.660 bits per heavy atom. The summed E-state index contributed by atoms with van der Waals surface area (Å²) in [6, 6.07) is 0.117. The first-order valence-electron chi connectivity index (χ1n) is 45.2. The number of aliphatic hydroxyl groups excluding tert-OH is 1. The fourth-order valence-electron chi connectivity index (χ4n) is 15.8. The number of carboxylic acids is 2. The van der Waals surface area contributed by atoms with Gasteiger partial charge in [0.05, 0.1) is 45.2 Å². The number of rotatable bonds is 71. The monoisotopic (exact) mass is 1500 g/mol. The zero-order valence-electron chi connectivity index (χ0n) is 71.6. The van der Waals surface area contributed by atoms with Gasteiger partial charge in [-0.15, -0.1) is 0 Å². The predicted octanol–water partition coefficient (Wildman–Crippen LogP) is 23.6. The van der Waals surface area contributed by atoms with Crippen LogP contribution in [0.25, 0.3) is 0 Å². The van der Waals surface area contributed by atoms with Crippen molar-refractivity contribution in [1.29, 1.82) is 0 Å². The van der Waals surface area contributed by atoms with Gasteiger partial charge >= 0.3 is 11.9 Å². The molecule has 0 spiro atoms. The van der Waals surface area contributed by atoms with Crippen LogP contribution >= 0.6 is 0 Å². The second kappa shape index (κ2) is 78.8. The van der Waals surface area contributed by atoms with Gasteiger partial charge < -0.3 is 56.4 Å². The minimum atomic E-state index is -0.667. The summed E-state index contributed by atoms with van der Waals surface area (Å²) in [5.74, 6) is 2.17. The van der Waals surface area contributed by atoms with Gasteiger partial charge in [-0.3, -0.25) is 19.2 Å². The number of hydrogen-bond donors (Lipinski definition) is 7. The first kappa shape index (κ1) is 105. The van der Waals surface area contributed by atoms with Crippen molar-refractivity contribution in [2.45, 2.75) is 453 Å². The Morgan fingerprint density at radius 3 is 0.962 bits per heavy atom. The summed E-state index contributed by atoms with van der Waals surface area (Å²) in [5, 5.41) is 30.7. The Hall–Kier alpha value is -2.92. The average Bonchev–Trinajstić information content (AvgIpc) is 0.825. The number of aliphatic hydroxyl groups is 1. The number of amides is 2. The summed E-state index contributed by atoms with van der Waals surface area (Å²) in [6.07, 6.45) is 69.9. The highest BCUT2D eigenvalue weighted by Crippen LogP contribution is 2.46. The highest BCUT2D eigenvalue weighted by Gasteiger charge is 2.31. The van der Waals surface area contributed by atoms with Crippen LogP contribution in [0.4, 0.5) is 0 Å². The second-order valence-electron chi connectivity index (χ2n) is 32.1. The van der Waals surface area contributed by atoms with E-state index in [0.29, 0.717) is 65.3 Å². The Labute approximate surface area is 654 Å². The Kier molecular flexibility index (Phi) is 78.1. The van der Waals surface area contributed by atoms with E-state index in [4.69, 9.17) is 45.7 Å². The maximum Gasteiger partial charge on any atom is 0.303 e. The van der Waals surface area contributed by atoms with Gasteiger partial charge in [-0.1, -0.05) is 262 Å². The lowest BCUT2D eigenvalue weighted by molar-refractivity contribution is -0.138. The maximum atomic E-state index is 12.5. The van der Waals surface area contributed by atoms with Gasteiger partial charge in [0.15, 0.2) is 0 Å². The topological polar surface area (TPSA) is 242 Å². The van der Waals surface area contributed by atoms with Gasteiger partial charge in [-0.05, 0) is 186 Å². The number of carboxylic acid groups (broad SMARTS) is 2. The maximum absolute atomic E-state index is 12.5. The Morgan fingerprint density at radius 1 is 0.377 bits per heavy atom. The van der Waals surface area contributed by atoms with E-state index < -0.39 is 11.9 Å². The molecule has 0 saturated heterocycles. The lowest BCUT2D eigenvalue weighted by Gasteiger charge is -2.35. The largest absolute Gasteiger partial charge is 0.481 e. The van der Waals surface area contributed by atoms with E-state index in [0.717, 1.165) is 95.2 Å². The number of unbranched alkanes of at least 4 members (excludes halogenated alkanes) is 32. The zero-order valence-corrected chi connectivity index (χ0v) is 71.6. The van der Waals surface area contributed by atoms with Crippen LogP contribution in [0, 0.1) is 23.7 Å². The minimum absolute atomic E-state index is 0.0275. The quantitative estimate of drug-likeness (QED) is 0.0222. The van der Waals surface area contributed by atoms with Gasteiger partial charge in [0.1, 0.15) is 0 Å². The van der Waals surface area contributed by atoms with Gasteiger partial charge in [0, 0.05) is 65.1 Å². The van der Waals surface area contributed by atoms with E-state index >= 15 is 0 Å². The van der Waals surface area contributed by atoms with Crippen molar-refractivity contribution in [3.63, 3.8) is 0 Å². The van der Waals surface area contributed by atoms with Crippen LogP contribution in [0.3, 0.4) is 0 Å². The van der Waals surface area contributed by atoms with Crippen LogP contribution in [-0.2, 0) is 38.1 Å². The lowest BCUT2D eigenvalue weighted by atomic mass is 9.70. The number of ether oxygens (including phenoxy) is 4. The number of aliphatic carboxylic acids is 2. The molecule has 9 N–H and O–H groups in total. The van der Waals surface area contributed by atoms with Crippen LogP contribution in [0.1, 0.15) is 428 Å². The van der Waals surface area contributed by atoms with Crippen molar-refractivity contribution in [2.75, 3.05) is 60.3 Å². The first-order chi connectivity index (χ1) is 51.5. The molecule has 0 aliphatic heterocycles. The number of nitrogens with one attached hydrogen (secondary N) is 2. The van der Waals surface area contributed by atoms with Gasteiger partial charge in [0.2, 0.25) is 11.8 Å². The standard InChI is InChI=1S/C46H88N2O4.C36H66O4.C8H20N2O2.CH4O/c1-7-10-12-16-22-28-41-34-35-42(29-23-20-21-26-32-45(49)47-6)44(43(41)30-24-17-13-11-8-2)31-25-18-14-15-19-27-33-46(50)48-39(4)37-51-38-40(5)52-36-9-3;1-3-5-7-11-17-23-31-29-30-32(24-18-15-16-22-28-36(39)40)34(33(31)25-19-12-8-6-4-2)26-20-13-9-10-14-21-27-35(37)38;1-7(10)5-11-6-8(2)12-4-3-9;1-2/h39-42H,7-38H2,1-6H3,(H,47,49)(H,48,50);31-32H,3-30H2,1-2H3,(H,37,38)(H,39,40);7-8H,3-6,9-10H2,1-2H3;2H,1H3. The number of carbonyl (C=O) groups is 4. The minimum Gasteiger partial charge on any atom is -0.481 e. The molecule has 0 fully saturated rings. The molecule has 0 aromatic rings. The number of carbonyl (C=O) groups excluding carboxylic acids is 2. The summed E-state index contributed by atoms with van der Waals surface area (Å²) in [7, 11) is 2.74. The van der Waals surface area contributed by atoms with E-state index in [2.05, 4.69) is 45.3 Å². The Bertz CT molecular complexity index is 2040. The van der Waals surface area contributed by atoms with Crippen molar-refractivity contribution >= 4 is 23.8 Å². The smallest absolute Gasteiger partial charge is 0.303 e. The molecule has 2 aliphatic rings. The third-order valence-electron chi connectivity index (χ3n) is 21.8. The average molecular weight is 1500 g/mol. The third-order valence-corrected chi connectivity index (χ3v) is 21.8. The number of nitrogens with two attached hydrogens (primary N) is 2. The molecule has 106 heavy (non-hydrogen) atoms. The second-order valence-corrected chi connectivity index (χ2v) is 32.1. The highest BCUT2D eigenvalue weighted by molar-refractivity contribution is 5.76. The molecular formula is C91H178N4O11. The van der Waals surface area contributed by atoms with Crippen LogP contribution in [0.2, 0.25) is 0 Å². The van der Waals surface area contributed by atoms with Crippen LogP contribution < -0.4 is 22.1 Å². The molecule has 628 valence electrons.